The van der Waals surface area contributed by atoms with Crippen molar-refractivity contribution in [1.29, 1.82) is 0 Å². The zero-order valence-corrected chi connectivity index (χ0v) is 10.4. The van der Waals surface area contributed by atoms with Gasteiger partial charge in [0.05, 0.1) is 18.9 Å². The van der Waals surface area contributed by atoms with Crippen LogP contribution in [-0.2, 0) is 11.3 Å². The minimum atomic E-state index is 0. The Kier molecular flexibility index (Phi) is 5.98. The molecule has 6 heteroatoms. The summed E-state index contributed by atoms with van der Waals surface area (Å²) in [4.78, 5) is 0. The first-order valence-electron chi connectivity index (χ1n) is 5.14. The van der Waals surface area contributed by atoms with Gasteiger partial charge in [-0.2, -0.15) is 5.10 Å². The van der Waals surface area contributed by atoms with Gasteiger partial charge in [-0.05, 0) is 31.5 Å². The summed E-state index contributed by atoms with van der Waals surface area (Å²) in [5, 5.41) is 11.4. The van der Waals surface area contributed by atoms with Gasteiger partial charge in [0.2, 0.25) is 0 Å². The lowest BCUT2D eigenvalue weighted by Crippen LogP contribution is -2.26. The Hall–Kier alpha value is -0.420. The van der Waals surface area contributed by atoms with Gasteiger partial charge in [-0.1, -0.05) is 11.6 Å². The highest BCUT2D eigenvalue weighted by Crippen LogP contribution is 2.07. The van der Waals surface area contributed by atoms with Crippen molar-refractivity contribution in [2.45, 2.75) is 25.5 Å². The average Bonchev–Trinajstić information content (AvgIpc) is 2.74. The van der Waals surface area contributed by atoms with Crippen LogP contribution < -0.4 is 5.32 Å². The maximum absolute atomic E-state index is 5.62. The van der Waals surface area contributed by atoms with Crippen molar-refractivity contribution < 1.29 is 4.74 Å². The van der Waals surface area contributed by atoms with Crippen LogP contribution in [0.25, 0.3) is 0 Å². The Morgan fingerprint density at radius 3 is 2.94 bits per heavy atom. The summed E-state index contributed by atoms with van der Waals surface area (Å²) >= 11 is 5.62. The molecule has 1 aliphatic heterocycles. The molecular weight excluding hydrogens is 249 g/mol. The number of nitrogens with zero attached hydrogens (tertiary/aromatic N) is 2. The SMILES string of the molecule is Cl.Clc1ccc(COCC2CCCN2)nn1. The Bertz CT molecular complexity index is 301. The molecule has 4 nitrogen and oxygen atoms in total. The molecule has 90 valence electrons. The fourth-order valence-electron chi connectivity index (χ4n) is 1.63. The normalized spacial score (nSPS) is 19.4. The largest absolute Gasteiger partial charge is 0.373 e. The van der Waals surface area contributed by atoms with E-state index in [-0.39, 0.29) is 12.4 Å². The molecule has 0 aromatic carbocycles. The number of aromatic nitrogens is 2. The summed E-state index contributed by atoms with van der Waals surface area (Å²) in [6.07, 6.45) is 2.45. The molecule has 1 unspecified atom stereocenters. The Balaban J connectivity index is 0.00000128. The van der Waals surface area contributed by atoms with Gasteiger partial charge in [0.15, 0.2) is 5.15 Å². The van der Waals surface area contributed by atoms with E-state index < -0.39 is 0 Å². The molecule has 1 aliphatic rings. The summed E-state index contributed by atoms with van der Waals surface area (Å²) in [6.45, 7) is 2.35. The van der Waals surface area contributed by atoms with Crippen molar-refractivity contribution >= 4 is 24.0 Å². The molecule has 1 saturated heterocycles. The minimum Gasteiger partial charge on any atom is -0.373 e. The first-order valence-corrected chi connectivity index (χ1v) is 5.51. The third kappa shape index (κ3) is 4.22. The highest BCUT2D eigenvalue weighted by atomic mass is 35.5. The van der Waals surface area contributed by atoms with Gasteiger partial charge >= 0.3 is 0 Å². The smallest absolute Gasteiger partial charge is 0.151 e. The highest BCUT2D eigenvalue weighted by molar-refractivity contribution is 6.29. The molecule has 1 aromatic heterocycles. The van der Waals surface area contributed by atoms with Crippen LogP contribution in [0.5, 0.6) is 0 Å². The summed E-state index contributed by atoms with van der Waals surface area (Å²) in [6, 6.07) is 4.06. The molecule has 1 N–H and O–H groups in total. The Morgan fingerprint density at radius 2 is 2.31 bits per heavy atom. The molecule has 1 atom stereocenters. The number of nitrogens with one attached hydrogen (secondary N) is 1. The average molecular weight is 264 g/mol. The van der Waals surface area contributed by atoms with Crippen molar-refractivity contribution in [2.24, 2.45) is 0 Å². The topological polar surface area (TPSA) is 47.0 Å². The van der Waals surface area contributed by atoms with Crippen molar-refractivity contribution in [2.75, 3.05) is 13.2 Å². The van der Waals surface area contributed by atoms with Crippen LogP contribution in [0, 0.1) is 0 Å². The maximum atomic E-state index is 5.62. The van der Waals surface area contributed by atoms with Gasteiger partial charge in [-0.25, -0.2) is 0 Å². The standard InChI is InChI=1S/C10H14ClN3O.ClH/c11-10-4-3-9(13-14-10)7-15-6-8-2-1-5-12-8;/h3-4,8,12H,1-2,5-7H2;1H. The lowest BCUT2D eigenvalue weighted by Gasteiger charge is -2.09. The highest BCUT2D eigenvalue weighted by Gasteiger charge is 2.13. The van der Waals surface area contributed by atoms with E-state index in [0.717, 1.165) is 18.8 Å². The molecule has 0 saturated carbocycles. The number of halogens is 2. The van der Waals surface area contributed by atoms with E-state index in [1.165, 1.54) is 12.8 Å². The molecule has 1 fully saturated rings. The lowest BCUT2D eigenvalue weighted by molar-refractivity contribution is 0.100. The molecular formula is C10H15Cl2N3O. The molecule has 2 rings (SSSR count). The van der Waals surface area contributed by atoms with Crippen LogP contribution in [0.3, 0.4) is 0 Å². The first-order chi connectivity index (χ1) is 7.34. The second-order valence-corrected chi connectivity index (χ2v) is 4.04. The van der Waals surface area contributed by atoms with Crippen LogP contribution >= 0.6 is 24.0 Å². The number of rotatable bonds is 4. The number of hydrogen-bond donors (Lipinski definition) is 1. The van der Waals surface area contributed by atoms with Gasteiger partial charge in [-0.15, -0.1) is 17.5 Å². The van der Waals surface area contributed by atoms with Gasteiger partial charge in [-0.3, -0.25) is 0 Å². The second-order valence-electron chi connectivity index (χ2n) is 3.66. The Morgan fingerprint density at radius 1 is 1.44 bits per heavy atom. The quantitative estimate of drug-likeness (QED) is 0.901. The van der Waals surface area contributed by atoms with Crippen LogP contribution in [-0.4, -0.2) is 29.4 Å². The van der Waals surface area contributed by atoms with E-state index in [4.69, 9.17) is 16.3 Å². The molecule has 0 spiro atoms. The third-order valence-corrected chi connectivity index (χ3v) is 2.62. The molecule has 2 heterocycles. The maximum Gasteiger partial charge on any atom is 0.151 e. The third-order valence-electron chi connectivity index (χ3n) is 2.42. The van der Waals surface area contributed by atoms with Gasteiger partial charge in [0, 0.05) is 6.04 Å². The lowest BCUT2D eigenvalue weighted by atomic mass is 10.2. The Labute approximate surface area is 106 Å². The summed E-state index contributed by atoms with van der Waals surface area (Å²) in [5.74, 6) is 0. The monoisotopic (exact) mass is 263 g/mol. The van der Waals surface area contributed by atoms with E-state index >= 15 is 0 Å². The number of ether oxygens (including phenoxy) is 1. The van der Waals surface area contributed by atoms with E-state index in [1.807, 2.05) is 6.07 Å². The summed E-state index contributed by atoms with van der Waals surface area (Å²) in [7, 11) is 0. The van der Waals surface area contributed by atoms with E-state index in [9.17, 15) is 0 Å². The number of hydrogen-bond acceptors (Lipinski definition) is 4. The van der Waals surface area contributed by atoms with Crippen molar-refractivity contribution in [3.05, 3.63) is 23.0 Å². The van der Waals surface area contributed by atoms with Crippen molar-refractivity contribution in [3.8, 4) is 0 Å². The molecule has 0 amide bonds. The minimum absolute atomic E-state index is 0. The van der Waals surface area contributed by atoms with Crippen LogP contribution in [0.4, 0.5) is 0 Å². The predicted molar refractivity (Wildman–Crippen MR) is 65.0 cm³/mol. The molecule has 0 aliphatic carbocycles. The fourth-order valence-corrected chi connectivity index (χ4v) is 1.73. The first kappa shape index (κ1) is 13.6. The fraction of sp³-hybridized carbons (Fsp3) is 0.600. The van der Waals surface area contributed by atoms with E-state index in [1.54, 1.807) is 6.07 Å². The van der Waals surface area contributed by atoms with Gasteiger partial charge < -0.3 is 10.1 Å². The van der Waals surface area contributed by atoms with Crippen LogP contribution in [0.1, 0.15) is 18.5 Å². The van der Waals surface area contributed by atoms with Gasteiger partial charge in [0.1, 0.15) is 0 Å². The van der Waals surface area contributed by atoms with Crippen molar-refractivity contribution in [3.63, 3.8) is 0 Å². The molecule has 0 radical (unpaired) electrons. The predicted octanol–water partition coefficient (Wildman–Crippen LogP) is 1.82. The zero-order valence-electron chi connectivity index (χ0n) is 8.86. The van der Waals surface area contributed by atoms with E-state index in [0.29, 0.717) is 17.8 Å². The van der Waals surface area contributed by atoms with Crippen molar-refractivity contribution in [1.82, 2.24) is 15.5 Å². The van der Waals surface area contributed by atoms with Gasteiger partial charge in [0.25, 0.3) is 0 Å². The van der Waals surface area contributed by atoms with E-state index in [2.05, 4.69) is 15.5 Å². The summed E-state index contributed by atoms with van der Waals surface area (Å²) < 4.78 is 5.54. The summed E-state index contributed by atoms with van der Waals surface area (Å²) in [5.41, 5.74) is 0.817. The van der Waals surface area contributed by atoms with Crippen LogP contribution in [0.15, 0.2) is 12.1 Å². The second kappa shape index (κ2) is 7.01. The molecule has 16 heavy (non-hydrogen) atoms. The molecule has 1 aromatic rings. The zero-order chi connectivity index (χ0) is 10.5. The van der Waals surface area contributed by atoms with Crippen LogP contribution in [0.2, 0.25) is 5.15 Å². The molecule has 0 bridgehead atoms.